The smallest absolute Gasteiger partial charge is 0.253 e. The van der Waals surface area contributed by atoms with Crippen molar-refractivity contribution < 1.29 is 14.7 Å². The third kappa shape index (κ3) is 5.76. The number of aliphatic hydroxyl groups is 1. The van der Waals surface area contributed by atoms with Gasteiger partial charge in [-0.25, -0.2) is 0 Å². The van der Waals surface area contributed by atoms with E-state index in [1.807, 2.05) is 12.1 Å². The van der Waals surface area contributed by atoms with Crippen LogP contribution in [0.1, 0.15) is 36.0 Å². The first-order valence-electron chi connectivity index (χ1n) is 9.91. The monoisotopic (exact) mass is 374 g/mol. The molecule has 1 aliphatic heterocycles. The Morgan fingerprint density at radius 2 is 1.70 bits per heavy atom. The summed E-state index contributed by atoms with van der Waals surface area (Å²) in [6.07, 6.45) is 4.38. The predicted octanol–water partition coefficient (Wildman–Crippen LogP) is 0.907. The van der Waals surface area contributed by atoms with Crippen molar-refractivity contribution in [2.24, 2.45) is 0 Å². The lowest BCUT2D eigenvalue weighted by Gasteiger charge is -2.33. The van der Waals surface area contributed by atoms with E-state index in [-0.39, 0.29) is 24.5 Å². The number of hydrogen-bond donors (Lipinski definition) is 3. The van der Waals surface area contributed by atoms with E-state index < -0.39 is 0 Å². The van der Waals surface area contributed by atoms with Crippen molar-refractivity contribution in [3.63, 3.8) is 0 Å². The third-order valence-corrected chi connectivity index (χ3v) is 5.38. The van der Waals surface area contributed by atoms with Gasteiger partial charge in [0.15, 0.2) is 0 Å². The molecule has 0 spiro atoms. The highest BCUT2D eigenvalue weighted by atomic mass is 16.3. The Labute approximate surface area is 160 Å². The van der Waals surface area contributed by atoms with Crippen LogP contribution in [0, 0.1) is 0 Å². The number of nitrogens with one attached hydrogen (secondary N) is 2. The van der Waals surface area contributed by atoms with E-state index in [0.29, 0.717) is 24.3 Å². The van der Waals surface area contributed by atoms with Gasteiger partial charge in [0.1, 0.15) is 0 Å². The molecular formula is C20H30N4O3. The van der Waals surface area contributed by atoms with Crippen LogP contribution in [0.3, 0.4) is 0 Å². The molecule has 0 bridgehead atoms. The molecule has 2 fully saturated rings. The number of carbonyl (C=O) groups is 2. The van der Waals surface area contributed by atoms with Gasteiger partial charge in [0.25, 0.3) is 5.91 Å². The molecule has 0 unspecified atom stereocenters. The molecular weight excluding hydrogens is 344 g/mol. The highest BCUT2D eigenvalue weighted by Gasteiger charge is 2.21. The molecule has 1 saturated carbocycles. The van der Waals surface area contributed by atoms with Crippen LogP contribution in [-0.2, 0) is 4.79 Å². The van der Waals surface area contributed by atoms with E-state index in [2.05, 4.69) is 20.4 Å². The number of anilines is 1. The van der Waals surface area contributed by atoms with Gasteiger partial charge in [-0.05, 0) is 25.0 Å². The van der Waals surface area contributed by atoms with Crippen LogP contribution < -0.4 is 10.6 Å². The van der Waals surface area contributed by atoms with Crippen LogP contribution in [0.25, 0.3) is 0 Å². The highest BCUT2D eigenvalue weighted by molar-refractivity contribution is 6.04. The minimum Gasteiger partial charge on any atom is -0.395 e. The van der Waals surface area contributed by atoms with Crippen molar-refractivity contribution in [1.29, 1.82) is 0 Å². The SMILES string of the molecule is O=C(CN1CCN(CCO)CC1)Nc1ccccc1C(=O)NC1CCCC1. The Morgan fingerprint density at radius 1 is 1.04 bits per heavy atom. The molecule has 3 rings (SSSR count). The number of hydrogen-bond acceptors (Lipinski definition) is 5. The number of nitrogens with zero attached hydrogens (tertiary/aromatic N) is 2. The minimum atomic E-state index is -0.115. The zero-order chi connectivity index (χ0) is 19.1. The van der Waals surface area contributed by atoms with E-state index in [1.165, 1.54) is 0 Å². The molecule has 3 N–H and O–H groups in total. The lowest BCUT2D eigenvalue weighted by molar-refractivity contribution is -0.117. The first kappa shape index (κ1) is 19.8. The second-order valence-electron chi connectivity index (χ2n) is 7.39. The lowest BCUT2D eigenvalue weighted by atomic mass is 10.1. The van der Waals surface area contributed by atoms with Crippen molar-refractivity contribution in [3.8, 4) is 0 Å². The molecule has 1 aromatic rings. The Hall–Kier alpha value is -1.96. The molecule has 2 aliphatic rings. The molecule has 7 heteroatoms. The molecule has 0 aromatic heterocycles. The summed E-state index contributed by atoms with van der Waals surface area (Å²) in [6.45, 7) is 4.48. The van der Waals surface area contributed by atoms with Crippen LogP contribution in [-0.4, -0.2) is 78.6 Å². The first-order valence-corrected chi connectivity index (χ1v) is 9.91. The minimum absolute atomic E-state index is 0.105. The molecule has 0 atom stereocenters. The maximum atomic E-state index is 12.6. The van der Waals surface area contributed by atoms with Crippen molar-refractivity contribution >= 4 is 17.5 Å². The Kier molecular flexibility index (Phi) is 7.20. The van der Waals surface area contributed by atoms with Crippen molar-refractivity contribution in [3.05, 3.63) is 29.8 Å². The van der Waals surface area contributed by atoms with Crippen molar-refractivity contribution in [2.75, 3.05) is 51.2 Å². The van der Waals surface area contributed by atoms with Crippen LogP contribution >= 0.6 is 0 Å². The number of amides is 2. The van der Waals surface area contributed by atoms with Crippen LogP contribution in [0.4, 0.5) is 5.69 Å². The third-order valence-electron chi connectivity index (χ3n) is 5.38. The van der Waals surface area contributed by atoms with Gasteiger partial charge >= 0.3 is 0 Å². The van der Waals surface area contributed by atoms with Crippen LogP contribution in [0.15, 0.2) is 24.3 Å². The topological polar surface area (TPSA) is 84.9 Å². The Balaban J connectivity index is 1.52. The average molecular weight is 374 g/mol. The normalized spacial score (nSPS) is 19.1. The summed E-state index contributed by atoms with van der Waals surface area (Å²) in [4.78, 5) is 29.4. The van der Waals surface area contributed by atoms with Gasteiger partial charge < -0.3 is 15.7 Å². The summed E-state index contributed by atoms with van der Waals surface area (Å²) in [7, 11) is 0. The van der Waals surface area contributed by atoms with E-state index in [9.17, 15) is 9.59 Å². The van der Waals surface area contributed by atoms with E-state index in [0.717, 1.165) is 51.9 Å². The molecule has 2 amide bonds. The Morgan fingerprint density at radius 3 is 2.41 bits per heavy atom. The first-order chi connectivity index (χ1) is 13.2. The molecule has 1 aliphatic carbocycles. The summed E-state index contributed by atoms with van der Waals surface area (Å²) in [6, 6.07) is 7.43. The molecule has 148 valence electrons. The van der Waals surface area contributed by atoms with Gasteiger partial charge in [-0.2, -0.15) is 0 Å². The number of para-hydroxylation sites is 1. The summed E-state index contributed by atoms with van der Waals surface area (Å²) >= 11 is 0. The lowest BCUT2D eigenvalue weighted by Crippen LogP contribution is -2.49. The Bertz CT molecular complexity index is 638. The summed E-state index contributed by atoms with van der Waals surface area (Å²) in [5.41, 5.74) is 1.09. The van der Waals surface area contributed by atoms with E-state index >= 15 is 0 Å². The van der Waals surface area contributed by atoms with E-state index in [1.54, 1.807) is 12.1 Å². The second-order valence-corrected chi connectivity index (χ2v) is 7.39. The van der Waals surface area contributed by atoms with Gasteiger partial charge in [0.2, 0.25) is 5.91 Å². The average Bonchev–Trinajstić information content (AvgIpc) is 3.17. The van der Waals surface area contributed by atoms with Crippen molar-refractivity contribution in [1.82, 2.24) is 15.1 Å². The maximum absolute atomic E-state index is 12.6. The van der Waals surface area contributed by atoms with Gasteiger partial charge in [-0.3, -0.25) is 19.4 Å². The molecule has 1 saturated heterocycles. The number of aliphatic hydroxyl groups excluding tert-OH is 1. The zero-order valence-corrected chi connectivity index (χ0v) is 15.8. The molecule has 7 nitrogen and oxygen atoms in total. The van der Waals surface area contributed by atoms with Gasteiger partial charge in [-0.15, -0.1) is 0 Å². The molecule has 1 heterocycles. The number of β-amino-alcohol motifs (C(OH)–C–C–N with tert-alkyl or cyclic N) is 1. The number of piperazine rings is 1. The van der Waals surface area contributed by atoms with E-state index in [4.69, 9.17) is 5.11 Å². The summed E-state index contributed by atoms with van der Waals surface area (Å²) < 4.78 is 0. The number of benzene rings is 1. The molecule has 27 heavy (non-hydrogen) atoms. The predicted molar refractivity (Wildman–Crippen MR) is 105 cm³/mol. The fourth-order valence-electron chi connectivity index (χ4n) is 3.83. The quantitative estimate of drug-likeness (QED) is 0.661. The van der Waals surface area contributed by atoms with Crippen LogP contribution in [0.2, 0.25) is 0 Å². The van der Waals surface area contributed by atoms with Gasteiger partial charge in [0.05, 0.1) is 24.4 Å². The number of carbonyl (C=O) groups excluding carboxylic acids is 2. The number of rotatable bonds is 7. The van der Waals surface area contributed by atoms with Crippen molar-refractivity contribution in [2.45, 2.75) is 31.7 Å². The van der Waals surface area contributed by atoms with Gasteiger partial charge in [-0.1, -0.05) is 25.0 Å². The highest BCUT2D eigenvalue weighted by Crippen LogP contribution is 2.20. The summed E-state index contributed by atoms with van der Waals surface area (Å²) in [5.74, 6) is -0.220. The fraction of sp³-hybridized carbons (Fsp3) is 0.600. The fourth-order valence-corrected chi connectivity index (χ4v) is 3.83. The molecule has 1 aromatic carbocycles. The second kappa shape index (κ2) is 9.82. The summed E-state index contributed by atoms with van der Waals surface area (Å²) in [5, 5.41) is 15.0. The zero-order valence-electron chi connectivity index (χ0n) is 15.8. The largest absolute Gasteiger partial charge is 0.395 e. The molecule has 0 radical (unpaired) electrons. The maximum Gasteiger partial charge on any atom is 0.253 e. The standard InChI is InChI=1S/C20H30N4O3/c25-14-13-23-9-11-24(12-10-23)15-19(26)22-18-8-4-3-7-17(18)20(27)21-16-5-1-2-6-16/h3-4,7-8,16,25H,1-2,5-6,9-15H2,(H,21,27)(H,22,26). The van der Waals surface area contributed by atoms with Crippen LogP contribution in [0.5, 0.6) is 0 Å². The van der Waals surface area contributed by atoms with Gasteiger partial charge in [0, 0.05) is 38.8 Å².